The average Bonchev–Trinajstić information content (AvgIpc) is 2.32. The van der Waals surface area contributed by atoms with Gasteiger partial charge in [-0.05, 0) is 13.3 Å². The van der Waals surface area contributed by atoms with Crippen LogP contribution in [0.2, 0.25) is 0 Å². The van der Waals surface area contributed by atoms with Crippen LogP contribution in [0.25, 0.3) is 0 Å². The summed E-state index contributed by atoms with van der Waals surface area (Å²) >= 11 is 0. The largest absolute Gasteiger partial charge is 0.488 e. The van der Waals surface area contributed by atoms with E-state index in [1.54, 1.807) is 6.92 Å². The van der Waals surface area contributed by atoms with Crippen molar-refractivity contribution in [3.63, 3.8) is 0 Å². The highest BCUT2D eigenvalue weighted by Crippen LogP contribution is 2.03. The molecule has 0 saturated heterocycles. The van der Waals surface area contributed by atoms with Gasteiger partial charge in [0.15, 0.2) is 5.75 Å². The second-order valence-electron chi connectivity index (χ2n) is 3.35. The van der Waals surface area contributed by atoms with Crippen molar-refractivity contribution >= 4 is 5.97 Å². The van der Waals surface area contributed by atoms with Gasteiger partial charge in [-0.3, -0.25) is 9.89 Å². The van der Waals surface area contributed by atoms with Gasteiger partial charge in [-0.25, -0.2) is 4.79 Å². The maximum Gasteiger partial charge on any atom is 0.363 e. The quantitative estimate of drug-likeness (QED) is 0.595. The Morgan fingerprint density at radius 3 is 2.88 bits per heavy atom. The van der Waals surface area contributed by atoms with Crippen molar-refractivity contribution in [1.29, 1.82) is 0 Å². The van der Waals surface area contributed by atoms with Gasteiger partial charge in [-0.2, -0.15) is 5.10 Å². The molecule has 0 aliphatic heterocycles. The number of carbonyl (C=O) groups excluding carboxylic acids is 1. The smallest absolute Gasteiger partial charge is 0.363 e. The molecule has 0 radical (unpaired) electrons. The number of hydrogen-bond donors (Lipinski definition) is 1. The molecule has 0 spiro atoms. The van der Waals surface area contributed by atoms with Crippen molar-refractivity contribution < 1.29 is 14.3 Å². The van der Waals surface area contributed by atoms with E-state index >= 15 is 0 Å². The minimum atomic E-state index is -0.741. The van der Waals surface area contributed by atoms with Gasteiger partial charge in [0.2, 0.25) is 5.69 Å². The lowest BCUT2D eigenvalue weighted by molar-refractivity contribution is 0.0515. The number of aromatic nitrogens is 2. The van der Waals surface area contributed by atoms with Crippen molar-refractivity contribution in [2.75, 3.05) is 13.2 Å². The zero-order chi connectivity index (χ0) is 12.7. The molecule has 0 unspecified atom stereocenters. The predicted molar refractivity (Wildman–Crippen MR) is 61.2 cm³/mol. The van der Waals surface area contributed by atoms with Crippen LogP contribution >= 0.6 is 0 Å². The highest BCUT2D eigenvalue weighted by atomic mass is 16.5. The SMILES string of the molecule is CCCCOc1c[nH]nc(C(=O)OCC)c1=O. The molecule has 94 valence electrons. The Bertz CT molecular complexity index is 428. The number of ether oxygens (including phenoxy) is 2. The predicted octanol–water partition coefficient (Wildman–Crippen LogP) is 1.13. The summed E-state index contributed by atoms with van der Waals surface area (Å²) in [7, 11) is 0. The third-order valence-corrected chi connectivity index (χ3v) is 2.04. The summed E-state index contributed by atoms with van der Waals surface area (Å²) in [6, 6.07) is 0. The van der Waals surface area contributed by atoms with Crippen molar-refractivity contribution in [3.05, 3.63) is 22.1 Å². The van der Waals surface area contributed by atoms with E-state index in [0.717, 1.165) is 12.8 Å². The van der Waals surface area contributed by atoms with Gasteiger partial charge in [-0.1, -0.05) is 13.3 Å². The van der Waals surface area contributed by atoms with Crippen LogP contribution < -0.4 is 10.2 Å². The molecule has 1 aromatic heterocycles. The van der Waals surface area contributed by atoms with Gasteiger partial charge in [0.25, 0.3) is 5.43 Å². The standard InChI is InChI=1S/C11H16N2O4/c1-3-5-6-17-8-7-12-13-9(10(8)14)11(15)16-4-2/h7H,3-6H2,1-2H3,(H,12,14). The summed E-state index contributed by atoms with van der Waals surface area (Å²) in [5.74, 6) is -0.647. The van der Waals surface area contributed by atoms with Gasteiger partial charge >= 0.3 is 5.97 Å². The molecule has 0 aliphatic carbocycles. The molecule has 0 fully saturated rings. The maximum absolute atomic E-state index is 11.8. The first kappa shape index (κ1) is 13.2. The van der Waals surface area contributed by atoms with Crippen molar-refractivity contribution in [3.8, 4) is 5.75 Å². The van der Waals surface area contributed by atoms with Gasteiger partial charge in [0.05, 0.1) is 19.4 Å². The molecule has 1 aromatic rings. The van der Waals surface area contributed by atoms with Crippen molar-refractivity contribution in [2.24, 2.45) is 0 Å². The van der Waals surface area contributed by atoms with Crippen LogP contribution in [-0.2, 0) is 4.74 Å². The van der Waals surface area contributed by atoms with Crippen LogP contribution in [0.3, 0.4) is 0 Å². The van der Waals surface area contributed by atoms with Gasteiger partial charge in [-0.15, -0.1) is 0 Å². The Balaban J connectivity index is 2.84. The van der Waals surface area contributed by atoms with Crippen molar-refractivity contribution in [2.45, 2.75) is 26.7 Å². The number of nitrogens with one attached hydrogen (secondary N) is 1. The van der Waals surface area contributed by atoms with Gasteiger partial charge < -0.3 is 9.47 Å². The summed E-state index contributed by atoms with van der Waals surface area (Å²) in [4.78, 5) is 23.2. The first-order valence-corrected chi connectivity index (χ1v) is 5.58. The highest BCUT2D eigenvalue weighted by Gasteiger charge is 2.16. The third-order valence-electron chi connectivity index (χ3n) is 2.04. The lowest BCUT2D eigenvalue weighted by atomic mass is 10.3. The average molecular weight is 240 g/mol. The third kappa shape index (κ3) is 3.58. The van der Waals surface area contributed by atoms with Crippen LogP contribution in [0.4, 0.5) is 0 Å². The summed E-state index contributed by atoms with van der Waals surface area (Å²) in [6.45, 7) is 4.31. The molecule has 0 amide bonds. The van der Waals surface area contributed by atoms with E-state index in [1.807, 2.05) is 6.92 Å². The van der Waals surface area contributed by atoms with E-state index in [0.29, 0.717) is 6.61 Å². The van der Waals surface area contributed by atoms with E-state index < -0.39 is 11.4 Å². The fraction of sp³-hybridized carbons (Fsp3) is 0.545. The maximum atomic E-state index is 11.8. The molecular formula is C11H16N2O4. The molecule has 6 heteroatoms. The van der Waals surface area contributed by atoms with Crippen molar-refractivity contribution in [1.82, 2.24) is 10.2 Å². The van der Waals surface area contributed by atoms with E-state index in [4.69, 9.17) is 9.47 Å². The number of rotatable bonds is 6. The molecule has 0 aromatic carbocycles. The zero-order valence-corrected chi connectivity index (χ0v) is 9.99. The van der Waals surface area contributed by atoms with Crippen LogP contribution in [0.5, 0.6) is 5.75 Å². The van der Waals surface area contributed by atoms with E-state index in [-0.39, 0.29) is 18.1 Å². The van der Waals surface area contributed by atoms with Crippen LogP contribution in [0.15, 0.2) is 11.0 Å². The van der Waals surface area contributed by atoms with Crippen LogP contribution in [-0.4, -0.2) is 29.4 Å². The molecule has 0 aliphatic rings. The number of hydrogen-bond acceptors (Lipinski definition) is 5. The van der Waals surface area contributed by atoms with E-state index in [9.17, 15) is 9.59 Å². The lowest BCUT2D eigenvalue weighted by Gasteiger charge is -2.05. The molecule has 6 nitrogen and oxygen atoms in total. The number of esters is 1. The monoisotopic (exact) mass is 240 g/mol. The topological polar surface area (TPSA) is 81.3 Å². The van der Waals surface area contributed by atoms with E-state index in [1.165, 1.54) is 6.20 Å². The fourth-order valence-electron chi connectivity index (χ4n) is 1.16. The van der Waals surface area contributed by atoms with Gasteiger partial charge in [0.1, 0.15) is 0 Å². The first-order valence-electron chi connectivity index (χ1n) is 5.58. The Kier molecular flexibility index (Phi) is 5.19. The minimum absolute atomic E-state index is 0.0940. The minimum Gasteiger partial charge on any atom is -0.488 e. The molecule has 1 heterocycles. The van der Waals surface area contributed by atoms with Crippen LogP contribution in [0.1, 0.15) is 37.2 Å². The summed E-state index contributed by atoms with van der Waals surface area (Å²) in [6.07, 6.45) is 3.14. The molecule has 0 saturated carbocycles. The summed E-state index contributed by atoms with van der Waals surface area (Å²) in [5.41, 5.74) is -0.820. The molecular weight excluding hydrogens is 224 g/mol. The Hall–Kier alpha value is -1.85. The Morgan fingerprint density at radius 2 is 2.24 bits per heavy atom. The second-order valence-corrected chi connectivity index (χ2v) is 3.35. The fourth-order valence-corrected chi connectivity index (χ4v) is 1.16. The van der Waals surface area contributed by atoms with E-state index in [2.05, 4.69) is 10.2 Å². The number of H-pyrrole nitrogens is 1. The normalized spacial score (nSPS) is 10.0. The number of carbonyl (C=O) groups is 1. The summed E-state index contributed by atoms with van der Waals surface area (Å²) in [5, 5.41) is 6.05. The van der Waals surface area contributed by atoms with Crippen LogP contribution in [0, 0.1) is 0 Å². The molecule has 1 rings (SSSR count). The zero-order valence-electron chi connectivity index (χ0n) is 9.99. The van der Waals surface area contributed by atoms with Gasteiger partial charge in [0, 0.05) is 0 Å². The number of nitrogens with zero attached hydrogens (tertiary/aromatic N) is 1. The summed E-state index contributed by atoms with van der Waals surface area (Å²) < 4.78 is 9.97. The number of aromatic amines is 1. The molecule has 0 atom stereocenters. The lowest BCUT2D eigenvalue weighted by Crippen LogP contribution is -2.22. The highest BCUT2D eigenvalue weighted by molar-refractivity contribution is 5.87. The Morgan fingerprint density at radius 1 is 1.47 bits per heavy atom. The molecule has 17 heavy (non-hydrogen) atoms. The second kappa shape index (κ2) is 6.67. The first-order chi connectivity index (χ1) is 8.20. The molecule has 1 N–H and O–H groups in total. The Labute approximate surface area is 98.9 Å². The molecule has 0 bridgehead atoms. The number of unbranched alkanes of at least 4 members (excludes halogenated alkanes) is 1.